The van der Waals surface area contributed by atoms with Crippen LogP contribution in [0.5, 0.6) is 0 Å². The number of nitrogens with one attached hydrogen (secondary N) is 5. The first-order valence-corrected chi connectivity index (χ1v) is 36.3. The minimum Gasteiger partial charge on any atom is -0.396 e. The van der Waals surface area contributed by atoms with Gasteiger partial charge in [0, 0.05) is 68.9 Å². The van der Waals surface area contributed by atoms with Crippen LogP contribution in [0.4, 0.5) is 22.4 Å². The second-order valence-corrected chi connectivity index (χ2v) is 28.6. The van der Waals surface area contributed by atoms with Crippen molar-refractivity contribution in [3.05, 3.63) is 0 Å². The molecule has 84 heavy (non-hydrogen) atoms. The molecule has 0 amide bonds. The second-order valence-electron chi connectivity index (χ2n) is 15.8. The van der Waals surface area contributed by atoms with Crippen molar-refractivity contribution in [1.29, 1.82) is 0 Å². The lowest BCUT2D eigenvalue weighted by Crippen LogP contribution is -2.25. The van der Waals surface area contributed by atoms with Crippen molar-refractivity contribution in [2.45, 2.75) is 0 Å². The topological polar surface area (TPSA) is 593 Å². The maximum absolute atomic E-state index is 13.0. The van der Waals surface area contributed by atoms with Crippen molar-refractivity contribution in [2.75, 3.05) is 152 Å². The largest absolute Gasteiger partial charge is 0.472 e. The number of halogens is 5. The highest BCUT2D eigenvalue weighted by molar-refractivity contribution is 7.49. The number of aliphatic hydroxyl groups is 1. The van der Waals surface area contributed by atoms with Gasteiger partial charge in [-0.2, -0.15) is 27.7 Å². The molecule has 0 saturated carbocycles. The fourth-order valence-corrected chi connectivity index (χ4v) is 11.3. The molecule has 0 aromatic heterocycles. The molecule has 0 aromatic rings. The van der Waals surface area contributed by atoms with Crippen LogP contribution in [-0.4, -0.2) is 206 Å². The van der Waals surface area contributed by atoms with Gasteiger partial charge in [0.05, 0.1) is 112 Å². The standard InChI is InChI=1S/C28H67F5N5O37P9/c29-34-9-24(14-39)15-68-77(43,44)59-1-2-61-79(47,48)70-18-26(11-36-31)19-72-81(51,52)63-5-6-65-83(55,56)74-22-28(13-38-33)23-75-84(57,58)66-8-7-64-82(53,54)73-21-27(12-37-32)20-71-80(49,50)62-4-3-60-78(45,46)69-17-25(10-35-30)16-67-76(40,41)42/h24-28,34-39H,1-23H2,(H,43,44)(H,45,46)(H,47,48)(H,49,50)(H,51,52)(H,53,54)(H,55,56)(H,57,58)(H2,40,41,42). The molecule has 16 N–H and O–H groups in total. The van der Waals surface area contributed by atoms with Crippen LogP contribution >= 0.6 is 70.4 Å². The lowest BCUT2D eigenvalue weighted by atomic mass is 10.2. The number of hydrogen-bond acceptors (Lipinski definition) is 32. The number of phosphoric ester groups is 9. The lowest BCUT2D eigenvalue weighted by Gasteiger charge is -2.21. The maximum Gasteiger partial charge on any atom is 0.472 e. The molecule has 56 heteroatoms. The van der Waals surface area contributed by atoms with Crippen LogP contribution in [0.2, 0.25) is 0 Å². The summed E-state index contributed by atoms with van der Waals surface area (Å²) in [4.78, 5) is 96.4. The van der Waals surface area contributed by atoms with Gasteiger partial charge in [0.15, 0.2) is 0 Å². The van der Waals surface area contributed by atoms with E-state index in [-0.39, 0.29) is 0 Å². The Kier molecular flexibility index (Phi) is 43.5. The molecule has 0 aliphatic heterocycles. The van der Waals surface area contributed by atoms with Crippen LogP contribution < -0.4 is 27.7 Å². The van der Waals surface area contributed by atoms with Gasteiger partial charge in [-0.1, -0.05) is 0 Å². The molecule has 42 nitrogen and oxygen atoms in total. The Bertz CT molecular complexity index is 2270. The van der Waals surface area contributed by atoms with Gasteiger partial charge >= 0.3 is 70.4 Å². The molecular weight excluding hydrogens is 1370 g/mol. The molecule has 0 bridgehead atoms. The average molecular weight is 1440 g/mol. The molecule has 0 saturated heterocycles. The number of phosphoric acid groups is 9. The third kappa shape index (κ3) is 47.3. The van der Waals surface area contributed by atoms with Crippen molar-refractivity contribution in [3.63, 3.8) is 0 Å². The SMILES string of the molecule is O=P(O)(O)OCC(CNF)COP(=O)(O)OCCOP(=O)(O)OCC(CNF)COP(=O)(O)OCCOP(=O)(O)OCC(CNF)COP(=O)(O)OCCOP(=O)(O)OCC(CNF)COP(=O)(O)OCCOP(=O)(O)OCC(CO)CNF. The quantitative estimate of drug-likeness (QED) is 0.0172. The number of aliphatic hydroxyl groups excluding tert-OH is 1. The van der Waals surface area contributed by atoms with Gasteiger partial charge in [0.2, 0.25) is 0 Å². The zero-order valence-corrected chi connectivity index (χ0v) is 51.1. The normalized spacial score (nSPS) is 20.1. The summed E-state index contributed by atoms with van der Waals surface area (Å²) in [6, 6.07) is 0. The van der Waals surface area contributed by atoms with Crippen LogP contribution in [0.25, 0.3) is 0 Å². The molecule has 0 aromatic carbocycles. The zero-order valence-electron chi connectivity index (χ0n) is 43.1. The van der Waals surface area contributed by atoms with Gasteiger partial charge in [0.1, 0.15) is 0 Å². The first-order chi connectivity index (χ1) is 38.9. The highest BCUT2D eigenvalue weighted by Gasteiger charge is 2.33. The Balaban J connectivity index is 4.80. The van der Waals surface area contributed by atoms with Gasteiger partial charge in [-0.3, -0.25) is 76.9 Å². The van der Waals surface area contributed by atoms with Crippen molar-refractivity contribution in [3.8, 4) is 0 Å². The van der Waals surface area contributed by atoms with E-state index in [1.54, 1.807) is 0 Å². The van der Waals surface area contributed by atoms with Crippen molar-refractivity contribution in [2.24, 2.45) is 29.6 Å². The molecule has 0 spiro atoms. The summed E-state index contributed by atoms with van der Waals surface area (Å²) in [6.07, 6.45) is 0. The molecule has 0 aliphatic rings. The third-order valence-corrected chi connectivity index (χ3v) is 17.1. The predicted molar refractivity (Wildman–Crippen MR) is 262 cm³/mol. The smallest absolute Gasteiger partial charge is 0.396 e. The Morgan fingerprint density at radius 2 is 0.393 bits per heavy atom. The van der Waals surface area contributed by atoms with Gasteiger partial charge in [-0.25, -0.2) is 41.1 Å². The van der Waals surface area contributed by atoms with Crippen LogP contribution in [-0.2, 0) is 118 Å². The second kappa shape index (κ2) is 43.3. The van der Waals surface area contributed by atoms with Crippen LogP contribution in [0.3, 0.4) is 0 Å². The van der Waals surface area contributed by atoms with E-state index >= 15 is 0 Å². The van der Waals surface area contributed by atoms with Gasteiger partial charge in [-0.05, 0) is 0 Å². The van der Waals surface area contributed by atoms with Crippen LogP contribution in [0.15, 0.2) is 0 Å². The van der Waals surface area contributed by atoms with E-state index < -0.39 is 252 Å². The van der Waals surface area contributed by atoms with Gasteiger partial charge in [-0.15, -0.1) is 22.4 Å². The molecule has 0 radical (unpaired) electrons. The zero-order chi connectivity index (χ0) is 64.2. The van der Waals surface area contributed by atoms with E-state index in [1.165, 1.54) is 5.54 Å². The maximum atomic E-state index is 13.0. The van der Waals surface area contributed by atoms with Gasteiger partial charge in [0.25, 0.3) is 0 Å². The summed E-state index contributed by atoms with van der Waals surface area (Å²) >= 11 is 0. The first-order valence-electron chi connectivity index (χ1n) is 22.8. The Labute approximate surface area is 472 Å². The van der Waals surface area contributed by atoms with E-state index in [0.717, 1.165) is 22.2 Å². The fraction of sp³-hybridized carbons (Fsp3) is 1.00. The van der Waals surface area contributed by atoms with E-state index in [0.29, 0.717) is 0 Å². The van der Waals surface area contributed by atoms with Crippen molar-refractivity contribution >= 4 is 70.4 Å². The highest BCUT2D eigenvalue weighted by atomic mass is 31.2. The lowest BCUT2D eigenvalue weighted by molar-refractivity contribution is 0.0605. The van der Waals surface area contributed by atoms with Crippen LogP contribution in [0, 0.1) is 29.6 Å². The molecule has 0 fully saturated rings. The van der Waals surface area contributed by atoms with E-state index in [2.05, 4.69) is 76.9 Å². The molecule has 506 valence electrons. The first kappa shape index (κ1) is 84.4. The van der Waals surface area contributed by atoms with Crippen molar-refractivity contribution in [1.82, 2.24) is 27.7 Å². The number of rotatable bonds is 58. The van der Waals surface area contributed by atoms with Crippen molar-refractivity contribution < 1.29 is 194 Å². The van der Waals surface area contributed by atoms with E-state index in [9.17, 15) is 103 Å². The molecular formula is C28H67F5N5O37P9. The summed E-state index contributed by atoms with van der Waals surface area (Å²) in [7, 11) is -45.4. The molecule has 13 unspecified atom stereocenters. The summed E-state index contributed by atoms with van der Waals surface area (Å²) < 4.78 is 249. The molecule has 0 rings (SSSR count). The predicted octanol–water partition coefficient (Wildman–Crippen LogP) is 0.608. The third-order valence-electron chi connectivity index (χ3n) is 8.72. The Morgan fingerprint density at radius 1 is 0.250 bits per heavy atom. The Morgan fingerprint density at radius 3 is 0.536 bits per heavy atom. The minimum absolute atomic E-state index is 0.434. The molecule has 0 aliphatic carbocycles. The summed E-state index contributed by atoms with van der Waals surface area (Å²) in [5, 5.41) is 9.05. The molecule has 0 heterocycles. The number of hydrogen-bond donors (Lipinski definition) is 16. The Hall–Kier alpha value is 0.400. The average Bonchev–Trinajstić information content (AvgIpc) is 3.48. The van der Waals surface area contributed by atoms with Gasteiger partial charge < -0.3 is 54.0 Å². The van der Waals surface area contributed by atoms with E-state index in [1.807, 2.05) is 0 Å². The summed E-state index contributed by atoms with van der Waals surface area (Å²) in [5.74, 6) is -6.25. The monoisotopic (exact) mass is 1440 g/mol. The van der Waals surface area contributed by atoms with E-state index in [4.69, 9.17) is 14.9 Å². The molecule has 13 atom stereocenters. The summed E-state index contributed by atoms with van der Waals surface area (Å²) in [5.41, 5.74) is 5.76. The van der Waals surface area contributed by atoms with Crippen LogP contribution in [0.1, 0.15) is 0 Å². The fourth-order valence-electron chi connectivity index (χ4n) is 4.70. The minimum atomic E-state index is -5.14. The summed E-state index contributed by atoms with van der Waals surface area (Å²) in [6.45, 7) is -19.5. The highest BCUT2D eigenvalue weighted by Crippen LogP contribution is 2.51.